The number of aryl methyl sites for hydroxylation is 2. The third-order valence-corrected chi connectivity index (χ3v) is 5.79. The van der Waals surface area contributed by atoms with E-state index in [9.17, 15) is 0 Å². The smallest absolute Gasteiger partial charge is 0.349 e. The molecule has 0 unspecified atom stereocenters. The molecule has 1 aromatic heterocycles. The minimum atomic E-state index is 0.255. The van der Waals surface area contributed by atoms with Crippen molar-refractivity contribution in [1.82, 2.24) is 10.1 Å². The van der Waals surface area contributed by atoms with Gasteiger partial charge in [0.15, 0.2) is 0 Å². The van der Waals surface area contributed by atoms with Gasteiger partial charge in [0.1, 0.15) is 5.84 Å². The molecule has 1 aliphatic rings. The molecular formula is C24H36N4O. The first-order chi connectivity index (χ1) is 14.2. The molecule has 158 valence electrons. The lowest BCUT2D eigenvalue weighted by molar-refractivity contribution is 0.430. The normalized spacial score (nSPS) is 14.5. The van der Waals surface area contributed by atoms with Gasteiger partial charge in [0, 0.05) is 11.5 Å². The Morgan fingerprint density at radius 2 is 1.76 bits per heavy atom. The third kappa shape index (κ3) is 6.98. The van der Waals surface area contributed by atoms with E-state index in [0.29, 0.717) is 17.6 Å². The molecule has 3 rings (SSSR count). The van der Waals surface area contributed by atoms with E-state index in [1.165, 1.54) is 68.9 Å². The van der Waals surface area contributed by atoms with Crippen LogP contribution in [0.3, 0.4) is 0 Å². The highest BCUT2D eigenvalue weighted by molar-refractivity contribution is 5.86. The van der Waals surface area contributed by atoms with Crippen molar-refractivity contribution >= 4 is 11.9 Å². The largest absolute Gasteiger partial charge is 0.387 e. The average Bonchev–Trinajstić information content (AvgIpc) is 3.48. The molecule has 2 aromatic rings. The molecule has 1 aliphatic carbocycles. The number of aromatic nitrogens is 2. The van der Waals surface area contributed by atoms with E-state index in [4.69, 9.17) is 10.3 Å². The molecule has 0 spiro atoms. The molecule has 5 nitrogen and oxygen atoms in total. The van der Waals surface area contributed by atoms with Crippen LogP contribution in [0.4, 0.5) is 6.01 Å². The molecule has 1 heterocycles. The Morgan fingerprint density at radius 1 is 1.07 bits per heavy atom. The number of hydrogen-bond acceptors (Lipinski definition) is 4. The van der Waals surface area contributed by atoms with Crippen LogP contribution in [0.2, 0.25) is 0 Å². The van der Waals surface area contributed by atoms with Crippen LogP contribution in [0.5, 0.6) is 0 Å². The van der Waals surface area contributed by atoms with Crippen LogP contribution >= 0.6 is 0 Å². The summed E-state index contributed by atoms with van der Waals surface area (Å²) >= 11 is 0. The summed E-state index contributed by atoms with van der Waals surface area (Å²) in [5, 5.41) is 4.09. The predicted molar refractivity (Wildman–Crippen MR) is 119 cm³/mol. The highest BCUT2D eigenvalue weighted by Gasteiger charge is 2.26. The van der Waals surface area contributed by atoms with Crippen molar-refractivity contribution in [3.8, 4) is 11.4 Å². The van der Waals surface area contributed by atoms with E-state index in [2.05, 4.69) is 47.2 Å². The number of benzene rings is 1. The maximum Gasteiger partial charge on any atom is 0.349 e. The van der Waals surface area contributed by atoms with Crippen LogP contribution in [-0.4, -0.2) is 16.0 Å². The quantitative estimate of drug-likeness (QED) is 0.237. The summed E-state index contributed by atoms with van der Waals surface area (Å²) in [7, 11) is 0. The second kappa shape index (κ2) is 11.1. The van der Waals surface area contributed by atoms with Gasteiger partial charge in [-0.25, -0.2) is 0 Å². The summed E-state index contributed by atoms with van der Waals surface area (Å²) < 4.78 is 5.27. The van der Waals surface area contributed by atoms with Gasteiger partial charge in [-0.15, -0.1) is 0 Å². The summed E-state index contributed by atoms with van der Waals surface area (Å²) in [6, 6.07) is 6.65. The first kappa shape index (κ1) is 21.5. The van der Waals surface area contributed by atoms with Crippen molar-refractivity contribution in [3.63, 3.8) is 0 Å². The van der Waals surface area contributed by atoms with Gasteiger partial charge in [0.2, 0.25) is 5.82 Å². The molecule has 29 heavy (non-hydrogen) atoms. The number of rotatable bonds is 13. The molecule has 1 aromatic carbocycles. The zero-order chi connectivity index (χ0) is 20.5. The average molecular weight is 397 g/mol. The molecule has 0 amide bonds. The van der Waals surface area contributed by atoms with Crippen molar-refractivity contribution in [2.75, 3.05) is 0 Å². The Morgan fingerprint density at radius 3 is 2.45 bits per heavy atom. The molecule has 0 atom stereocenters. The molecule has 2 N–H and O–H groups in total. The number of unbranched alkanes of at least 4 members (excludes halogenated alkanes) is 8. The lowest BCUT2D eigenvalue weighted by Crippen LogP contribution is -2.13. The van der Waals surface area contributed by atoms with Gasteiger partial charge >= 0.3 is 6.01 Å². The van der Waals surface area contributed by atoms with E-state index in [1.54, 1.807) is 0 Å². The van der Waals surface area contributed by atoms with Crippen molar-refractivity contribution in [1.29, 1.82) is 0 Å². The van der Waals surface area contributed by atoms with E-state index < -0.39 is 0 Å². The van der Waals surface area contributed by atoms with Crippen molar-refractivity contribution in [3.05, 3.63) is 29.3 Å². The van der Waals surface area contributed by atoms with E-state index in [0.717, 1.165) is 24.8 Å². The molecule has 5 heteroatoms. The predicted octanol–water partition coefficient (Wildman–Crippen LogP) is 6.52. The van der Waals surface area contributed by atoms with Gasteiger partial charge < -0.3 is 10.3 Å². The molecule has 0 saturated heterocycles. The number of amidine groups is 1. The number of nitrogens with zero attached hydrogens (tertiary/aromatic N) is 3. The van der Waals surface area contributed by atoms with Gasteiger partial charge in [-0.3, -0.25) is 0 Å². The summed E-state index contributed by atoms with van der Waals surface area (Å²) in [6.45, 7) is 4.45. The Balaban J connectivity index is 1.47. The molecule has 0 bridgehead atoms. The van der Waals surface area contributed by atoms with Gasteiger partial charge in [-0.05, 0) is 49.8 Å². The topological polar surface area (TPSA) is 77.3 Å². The Kier molecular flexibility index (Phi) is 8.26. The van der Waals surface area contributed by atoms with Crippen molar-refractivity contribution < 1.29 is 4.52 Å². The fourth-order valence-corrected chi connectivity index (χ4v) is 3.66. The summed E-state index contributed by atoms with van der Waals surface area (Å²) in [5.74, 6) is 1.59. The maximum atomic E-state index is 5.94. The van der Waals surface area contributed by atoms with Crippen LogP contribution in [0.15, 0.2) is 27.7 Å². The van der Waals surface area contributed by atoms with Gasteiger partial charge in [-0.2, -0.15) is 9.98 Å². The minimum absolute atomic E-state index is 0.255. The van der Waals surface area contributed by atoms with Crippen LogP contribution < -0.4 is 5.73 Å². The van der Waals surface area contributed by atoms with Gasteiger partial charge in [-0.1, -0.05) is 75.6 Å². The fourth-order valence-electron chi connectivity index (χ4n) is 3.66. The van der Waals surface area contributed by atoms with Crippen LogP contribution in [0.25, 0.3) is 11.4 Å². The number of hydrogen-bond donors (Lipinski definition) is 1. The lowest BCUT2D eigenvalue weighted by atomic mass is 9.98. The van der Waals surface area contributed by atoms with E-state index >= 15 is 0 Å². The molecule has 0 radical (unpaired) electrons. The lowest BCUT2D eigenvalue weighted by Gasteiger charge is -2.07. The standard InChI is InChI=1S/C24H36N4O/c1-3-4-5-6-7-8-9-10-11-12-20-17-21(14-13-18(20)2)23-27-24(29-28-23)26-22(25)19-15-16-19/h13-14,17,19H,3-12,15-16H2,1-2H3,(H2,25,26,27,28). The first-order valence-corrected chi connectivity index (χ1v) is 11.4. The summed E-state index contributed by atoms with van der Waals surface area (Å²) in [5.41, 5.74) is 9.63. The Hall–Kier alpha value is -2.17. The number of nitrogens with two attached hydrogens (primary N) is 1. The zero-order valence-corrected chi connectivity index (χ0v) is 18.1. The molecule has 1 fully saturated rings. The molecule has 0 aliphatic heterocycles. The highest BCUT2D eigenvalue weighted by atomic mass is 16.5. The highest BCUT2D eigenvalue weighted by Crippen LogP contribution is 2.30. The summed E-state index contributed by atoms with van der Waals surface area (Å²) in [4.78, 5) is 8.67. The molecular weight excluding hydrogens is 360 g/mol. The van der Waals surface area contributed by atoms with Crippen molar-refractivity contribution in [2.45, 2.75) is 90.9 Å². The molecule has 1 saturated carbocycles. The van der Waals surface area contributed by atoms with Crippen molar-refractivity contribution in [2.24, 2.45) is 16.6 Å². The van der Waals surface area contributed by atoms with Gasteiger partial charge in [0.25, 0.3) is 0 Å². The van der Waals surface area contributed by atoms with E-state index in [1.807, 2.05) is 0 Å². The second-order valence-corrected chi connectivity index (χ2v) is 8.43. The zero-order valence-electron chi connectivity index (χ0n) is 18.1. The number of aliphatic imine (C=N–C) groups is 1. The minimum Gasteiger partial charge on any atom is -0.387 e. The summed E-state index contributed by atoms with van der Waals surface area (Å²) in [6.07, 6.45) is 15.5. The first-order valence-electron chi connectivity index (χ1n) is 11.4. The monoisotopic (exact) mass is 396 g/mol. The van der Waals surface area contributed by atoms with Crippen LogP contribution in [-0.2, 0) is 6.42 Å². The second-order valence-electron chi connectivity index (χ2n) is 8.43. The third-order valence-electron chi connectivity index (χ3n) is 5.79. The van der Waals surface area contributed by atoms with Gasteiger partial charge in [0.05, 0.1) is 0 Å². The SMILES string of the molecule is CCCCCCCCCCCc1cc(-c2noc(/N=C(\N)C3CC3)n2)ccc1C. The van der Waals surface area contributed by atoms with Crippen LogP contribution in [0.1, 0.15) is 88.7 Å². The Bertz CT molecular complexity index is 792. The van der Waals surface area contributed by atoms with Crippen LogP contribution in [0, 0.1) is 12.8 Å². The Labute approximate surface area is 175 Å². The van der Waals surface area contributed by atoms with E-state index in [-0.39, 0.29) is 6.01 Å². The maximum absolute atomic E-state index is 5.94. The fraction of sp³-hybridized carbons (Fsp3) is 0.625.